The summed E-state index contributed by atoms with van der Waals surface area (Å²) in [6.45, 7) is 14.5. The Morgan fingerprint density at radius 2 is 2.11 bits per heavy atom. The second-order valence-corrected chi connectivity index (χ2v) is 7.73. The minimum atomic E-state index is 0.0953. The van der Waals surface area contributed by atoms with Gasteiger partial charge in [0.15, 0.2) is 5.13 Å². The average molecular weight is 267 g/mol. The molecule has 0 saturated heterocycles. The first-order valence-electron chi connectivity index (χ1n) is 6.82. The Bertz CT molecular complexity index is 404. The summed E-state index contributed by atoms with van der Waals surface area (Å²) < 4.78 is 0. The van der Waals surface area contributed by atoms with Crippen LogP contribution in [0.3, 0.4) is 0 Å². The molecule has 1 aliphatic rings. The van der Waals surface area contributed by atoms with E-state index in [2.05, 4.69) is 44.8 Å². The molecule has 0 fully saturated rings. The molecule has 0 radical (unpaired) electrons. The van der Waals surface area contributed by atoms with Crippen LogP contribution in [0.4, 0.5) is 5.13 Å². The molecule has 0 spiro atoms. The molecule has 102 valence electrons. The van der Waals surface area contributed by atoms with E-state index in [4.69, 9.17) is 4.98 Å². The summed E-state index contributed by atoms with van der Waals surface area (Å²) in [4.78, 5) is 8.73. The lowest BCUT2D eigenvalue weighted by atomic mass is 10.1. The van der Waals surface area contributed by atoms with Crippen LogP contribution in [0.1, 0.15) is 45.2 Å². The third-order valence-electron chi connectivity index (χ3n) is 2.92. The van der Waals surface area contributed by atoms with Crippen LogP contribution < -0.4 is 5.32 Å². The van der Waals surface area contributed by atoms with E-state index in [9.17, 15) is 0 Å². The Balaban J connectivity index is 2.04. The Hall–Kier alpha value is -0.610. The quantitative estimate of drug-likeness (QED) is 0.910. The van der Waals surface area contributed by atoms with Crippen molar-refractivity contribution in [3.05, 3.63) is 10.6 Å². The molecule has 0 saturated carbocycles. The van der Waals surface area contributed by atoms with Gasteiger partial charge in [0, 0.05) is 36.5 Å². The lowest BCUT2D eigenvalue weighted by Crippen LogP contribution is -2.32. The number of anilines is 1. The number of hydrogen-bond acceptors (Lipinski definition) is 4. The van der Waals surface area contributed by atoms with E-state index in [-0.39, 0.29) is 5.54 Å². The summed E-state index contributed by atoms with van der Waals surface area (Å²) in [7, 11) is 0. The first-order valence-corrected chi connectivity index (χ1v) is 7.64. The third kappa shape index (κ3) is 3.69. The van der Waals surface area contributed by atoms with Crippen molar-refractivity contribution < 1.29 is 0 Å². The second kappa shape index (κ2) is 5.17. The summed E-state index contributed by atoms with van der Waals surface area (Å²) in [6.07, 6.45) is 1.10. The van der Waals surface area contributed by atoms with Crippen molar-refractivity contribution in [3.8, 4) is 0 Å². The maximum atomic E-state index is 4.73. The van der Waals surface area contributed by atoms with Gasteiger partial charge in [-0.2, -0.15) is 0 Å². The lowest BCUT2D eigenvalue weighted by Gasteiger charge is -2.27. The number of fused-ring (bicyclic) bond motifs is 1. The van der Waals surface area contributed by atoms with Crippen molar-refractivity contribution >= 4 is 16.5 Å². The van der Waals surface area contributed by atoms with Crippen molar-refractivity contribution in [2.24, 2.45) is 5.92 Å². The SMILES string of the molecule is CC(C)CN1CCc2nc(NC(C)(C)C)sc2C1. The van der Waals surface area contributed by atoms with Crippen LogP contribution in [0, 0.1) is 5.92 Å². The monoisotopic (exact) mass is 267 g/mol. The van der Waals surface area contributed by atoms with Gasteiger partial charge in [-0.25, -0.2) is 4.98 Å². The van der Waals surface area contributed by atoms with E-state index in [1.807, 2.05) is 11.3 Å². The predicted molar refractivity (Wildman–Crippen MR) is 79.3 cm³/mol. The van der Waals surface area contributed by atoms with Crippen molar-refractivity contribution in [2.75, 3.05) is 18.4 Å². The Labute approximate surface area is 115 Å². The Morgan fingerprint density at radius 3 is 2.72 bits per heavy atom. The van der Waals surface area contributed by atoms with Crippen molar-refractivity contribution in [1.29, 1.82) is 0 Å². The Morgan fingerprint density at radius 1 is 1.39 bits per heavy atom. The molecule has 18 heavy (non-hydrogen) atoms. The minimum absolute atomic E-state index is 0.0953. The molecule has 0 unspecified atom stereocenters. The molecule has 1 N–H and O–H groups in total. The van der Waals surface area contributed by atoms with Crippen LogP contribution >= 0.6 is 11.3 Å². The van der Waals surface area contributed by atoms with E-state index >= 15 is 0 Å². The zero-order valence-electron chi connectivity index (χ0n) is 12.2. The van der Waals surface area contributed by atoms with Crippen molar-refractivity contribution in [2.45, 2.75) is 53.1 Å². The van der Waals surface area contributed by atoms with Crippen molar-refractivity contribution in [3.63, 3.8) is 0 Å². The molecule has 1 aromatic heterocycles. The summed E-state index contributed by atoms with van der Waals surface area (Å²) in [5.41, 5.74) is 1.41. The molecular formula is C14H25N3S. The maximum Gasteiger partial charge on any atom is 0.183 e. The molecule has 1 aromatic rings. The number of nitrogens with zero attached hydrogens (tertiary/aromatic N) is 2. The lowest BCUT2D eigenvalue weighted by molar-refractivity contribution is 0.228. The standard InChI is InChI=1S/C14H25N3S/c1-10(2)8-17-7-6-11-12(9-17)18-13(15-11)16-14(3,4)5/h10H,6-9H2,1-5H3,(H,15,16). The highest BCUT2D eigenvalue weighted by atomic mass is 32.1. The molecule has 0 atom stereocenters. The summed E-state index contributed by atoms with van der Waals surface area (Å²) in [5, 5.41) is 4.57. The smallest absolute Gasteiger partial charge is 0.183 e. The van der Waals surface area contributed by atoms with Crippen molar-refractivity contribution in [1.82, 2.24) is 9.88 Å². The zero-order valence-corrected chi connectivity index (χ0v) is 13.0. The van der Waals surface area contributed by atoms with E-state index in [0.717, 1.165) is 30.6 Å². The molecule has 0 aliphatic carbocycles. The minimum Gasteiger partial charge on any atom is -0.357 e. The van der Waals surface area contributed by atoms with E-state index < -0.39 is 0 Å². The highest BCUT2D eigenvalue weighted by Crippen LogP contribution is 2.30. The summed E-state index contributed by atoms with van der Waals surface area (Å²) in [5.74, 6) is 0.742. The van der Waals surface area contributed by atoms with E-state index in [1.165, 1.54) is 17.1 Å². The van der Waals surface area contributed by atoms with Gasteiger partial charge in [-0.05, 0) is 26.7 Å². The van der Waals surface area contributed by atoms with Crippen LogP contribution in [-0.4, -0.2) is 28.5 Å². The van der Waals surface area contributed by atoms with Gasteiger partial charge in [0.25, 0.3) is 0 Å². The van der Waals surface area contributed by atoms with Crippen LogP contribution in [0.5, 0.6) is 0 Å². The molecule has 2 rings (SSSR count). The van der Waals surface area contributed by atoms with Crippen LogP contribution in [0.25, 0.3) is 0 Å². The fourth-order valence-corrected chi connectivity index (χ4v) is 3.55. The van der Waals surface area contributed by atoms with Gasteiger partial charge in [-0.3, -0.25) is 4.90 Å². The number of thiazole rings is 1. The van der Waals surface area contributed by atoms with Gasteiger partial charge in [-0.1, -0.05) is 13.8 Å². The zero-order chi connectivity index (χ0) is 13.3. The van der Waals surface area contributed by atoms with E-state index in [1.54, 1.807) is 0 Å². The predicted octanol–water partition coefficient (Wildman–Crippen LogP) is 3.37. The first kappa shape index (κ1) is 13.8. The van der Waals surface area contributed by atoms with Crippen LogP contribution in [0.15, 0.2) is 0 Å². The number of nitrogens with one attached hydrogen (secondary N) is 1. The Kier molecular flexibility index (Phi) is 3.97. The van der Waals surface area contributed by atoms with Gasteiger partial charge >= 0.3 is 0 Å². The van der Waals surface area contributed by atoms with Crippen LogP contribution in [0.2, 0.25) is 0 Å². The highest BCUT2D eigenvalue weighted by Gasteiger charge is 2.22. The fraction of sp³-hybridized carbons (Fsp3) is 0.786. The normalized spacial score (nSPS) is 17.0. The molecule has 0 amide bonds. The maximum absolute atomic E-state index is 4.73. The van der Waals surface area contributed by atoms with Gasteiger partial charge in [-0.15, -0.1) is 11.3 Å². The molecule has 3 nitrogen and oxygen atoms in total. The first-order chi connectivity index (χ1) is 8.33. The highest BCUT2D eigenvalue weighted by molar-refractivity contribution is 7.15. The molecule has 4 heteroatoms. The van der Waals surface area contributed by atoms with E-state index in [0.29, 0.717) is 0 Å². The largest absolute Gasteiger partial charge is 0.357 e. The summed E-state index contributed by atoms with van der Waals surface area (Å²) in [6, 6.07) is 0. The number of hydrogen-bond donors (Lipinski definition) is 1. The molecule has 0 aromatic carbocycles. The fourth-order valence-electron chi connectivity index (χ4n) is 2.29. The average Bonchev–Trinajstić information content (AvgIpc) is 2.54. The molecule has 1 aliphatic heterocycles. The second-order valence-electron chi connectivity index (χ2n) is 6.64. The third-order valence-corrected chi connectivity index (χ3v) is 3.91. The topological polar surface area (TPSA) is 28.2 Å². The van der Waals surface area contributed by atoms with Gasteiger partial charge in [0.1, 0.15) is 0 Å². The molecule has 2 heterocycles. The van der Waals surface area contributed by atoms with Crippen LogP contribution in [-0.2, 0) is 13.0 Å². The number of rotatable bonds is 3. The molecular weight excluding hydrogens is 242 g/mol. The summed E-state index contributed by atoms with van der Waals surface area (Å²) >= 11 is 1.83. The van der Waals surface area contributed by atoms with Gasteiger partial charge in [0.05, 0.1) is 5.69 Å². The molecule has 0 bridgehead atoms. The van der Waals surface area contributed by atoms with Gasteiger partial charge < -0.3 is 5.32 Å². The number of aromatic nitrogens is 1. The van der Waals surface area contributed by atoms with Gasteiger partial charge in [0.2, 0.25) is 0 Å².